The fraction of sp³-hybridized carbons (Fsp3) is 0.577. The third kappa shape index (κ3) is 5.52. The molecule has 1 aliphatic rings. The topological polar surface area (TPSA) is 98.4 Å². The first-order valence-electron chi connectivity index (χ1n) is 12.5. The summed E-state index contributed by atoms with van der Waals surface area (Å²) in [5.41, 5.74) is 1.21. The predicted molar refractivity (Wildman–Crippen MR) is 141 cm³/mol. The van der Waals surface area contributed by atoms with E-state index >= 15 is 0 Å². The molecule has 4 rings (SSSR count). The average Bonchev–Trinajstić information content (AvgIpc) is 3.06. The normalized spacial score (nSPS) is 20.5. The van der Waals surface area contributed by atoms with Crippen LogP contribution in [-0.2, 0) is 22.8 Å². The smallest absolute Gasteiger partial charge is 0.291 e. The lowest BCUT2D eigenvalue weighted by atomic mass is 9.77. The van der Waals surface area contributed by atoms with Gasteiger partial charge in [0.1, 0.15) is 18.8 Å². The Morgan fingerprint density at radius 3 is 2.60 bits per heavy atom. The minimum Gasteiger partial charge on any atom is -0.390 e. The van der Waals surface area contributed by atoms with Crippen LogP contribution in [0.2, 0.25) is 25.7 Å². The molecule has 1 aromatic carbocycles. The number of para-hydroxylation sites is 1. The van der Waals surface area contributed by atoms with Gasteiger partial charge in [0.15, 0.2) is 0 Å². The van der Waals surface area contributed by atoms with E-state index in [0.29, 0.717) is 25.0 Å². The molecular formula is C26H38N4O4Si. The lowest BCUT2D eigenvalue weighted by Crippen LogP contribution is -2.54. The molecule has 190 valence electrons. The number of amides is 1. The van der Waals surface area contributed by atoms with Gasteiger partial charge in [-0.05, 0) is 37.8 Å². The molecule has 3 aromatic rings. The zero-order valence-corrected chi connectivity index (χ0v) is 22.7. The highest BCUT2D eigenvalue weighted by Crippen LogP contribution is 2.33. The summed E-state index contributed by atoms with van der Waals surface area (Å²) in [5, 5.41) is 19.3. The molecule has 0 aliphatic heterocycles. The largest absolute Gasteiger partial charge is 0.390 e. The van der Waals surface area contributed by atoms with Gasteiger partial charge in [0.05, 0.1) is 16.8 Å². The zero-order chi connectivity index (χ0) is 25.5. The highest BCUT2D eigenvalue weighted by molar-refractivity contribution is 6.76. The highest BCUT2D eigenvalue weighted by atomic mass is 28.3. The van der Waals surface area contributed by atoms with Crippen molar-refractivity contribution < 1.29 is 14.6 Å². The Morgan fingerprint density at radius 2 is 1.97 bits per heavy atom. The van der Waals surface area contributed by atoms with Gasteiger partial charge in [-0.1, -0.05) is 51.7 Å². The van der Waals surface area contributed by atoms with Gasteiger partial charge in [-0.3, -0.25) is 9.59 Å². The van der Waals surface area contributed by atoms with E-state index in [-0.39, 0.29) is 36.7 Å². The van der Waals surface area contributed by atoms with E-state index in [1.807, 2.05) is 42.7 Å². The molecular weight excluding hydrogens is 460 g/mol. The maximum Gasteiger partial charge on any atom is 0.291 e. The maximum atomic E-state index is 13.7. The van der Waals surface area contributed by atoms with E-state index in [9.17, 15) is 14.7 Å². The summed E-state index contributed by atoms with van der Waals surface area (Å²) in [6.07, 6.45) is 1.03. The molecule has 35 heavy (non-hydrogen) atoms. The minimum atomic E-state index is -1.24. The van der Waals surface area contributed by atoms with Crippen molar-refractivity contribution >= 4 is 35.8 Å². The number of hydrogen-bond donors (Lipinski definition) is 2. The van der Waals surface area contributed by atoms with E-state index in [2.05, 4.69) is 30.1 Å². The third-order valence-corrected chi connectivity index (χ3v) is 8.39. The number of nitrogens with one attached hydrogen (secondary N) is 1. The third-order valence-electron chi connectivity index (χ3n) is 6.69. The summed E-state index contributed by atoms with van der Waals surface area (Å²) in [6, 6.07) is 8.91. The van der Waals surface area contributed by atoms with E-state index in [4.69, 9.17) is 4.74 Å². The second kappa shape index (κ2) is 9.52. The van der Waals surface area contributed by atoms with Crippen LogP contribution in [0.1, 0.15) is 45.2 Å². The van der Waals surface area contributed by atoms with Crippen molar-refractivity contribution in [3.63, 3.8) is 0 Å². The predicted octanol–water partition coefficient (Wildman–Crippen LogP) is 3.82. The van der Waals surface area contributed by atoms with Crippen molar-refractivity contribution in [2.24, 2.45) is 0 Å². The molecule has 9 heteroatoms. The van der Waals surface area contributed by atoms with Gasteiger partial charge < -0.3 is 19.7 Å². The molecule has 8 nitrogen and oxygen atoms in total. The Balaban J connectivity index is 1.73. The van der Waals surface area contributed by atoms with Gasteiger partial charge in [-0.25, -0.2) is 4.68 Å². The van der Waals surface area contributed by atoms with Crippen LogP contribution in [0.3, 0.4) is 0 Å². The number of benzene rings is 1. The van der Waals surface area contributed by atoms with Crippen molar-refractivity contribution in [2.75, 3.05) is 6.61 Å². The molecule has 0 saturated heterocycles. The number of ether oxygens (including phenoxy) is 1. The van der Waals surface area contributed by atoms with E-state index < -0.39 is 13.7 Å². The van der Waals surface area contributed by atoms with Gasteiger partial charge in [0, 0.05) is 31.5 Å². The van der Waals surface area contributed by atoms with Gasteiger partial charge in [-0.15, -0.1) is 0 Å². The molecule has 1 amide bonds. The first-order valence-corrected chi connectivity index (χ1v) is 16.2. The molecule has 1 fully saturated rings. The van der Waals surface area contributed by atoms with Gasteiger partial charge in [-0.2, -0.15) is 5.10 Å². The number of fused-ring (bicyclic) bond motifs is 3. The number of nitrogens with zero attached hydrogens (tertiary/aromatic N) is 3. The fourth-order valence-corrected chi connectivity index (χ4v) is 5.58. The molecule has 2 heterocycles. The van der Waals surface area contributed by atoms with Crippen molar-refractivity contribution in [3.05, 3.63) is 40.3 Å². The molecule has 0 atom stereocenters. The van der Waals surface area contributed by atoms with Crippen LogP contribution in [0.15, 0.2) is 29.1 Å². The average molecular weight is 499 g/mol. The number of aliphatic hydroxyl groups is 1. The van der Waals surface area contributed by atoms with Gasteiger partial charge >= 0.3 is 0 Å². The Morgan fingerprint density at radius 1 is 1.29 bits per heavy atom. The molecule has 0 radical (unpaired) electrons. The molecule has 0 unspecified atom stereocenters. The molecule has 1 saturated carbocycles. The number of carbonyl (C=O) groups excluding carboxylic acids is 1. The van der Waals surface area contributed by atoms with Gasteiger partial charge in [0.25, 0.3) is 5.56 Å². The van der Waals surface area contributed by atoms with Crippen LogP contribution in [-0.4, -0.2) is 51.7 Å². The fourth-order valence-electron chi connectivity index (χ4n) is 4.83. The second-order valence-electron chi connectivity index (χ2n) is 11.7. The van der Waals surface area contributed by atoms with Crippen LogP contribution < -0.4 is 10.9 Å². The molecule has 1 aliphatic carbocycles. The monoisotopic (exact) mass is 498 g/mol. The number of hydrogen-bond acceptors (Lipinski definition) is 5. The quantitative estimate of drug-likeness (QED) is 0.345. The Labute approximate surface area is 207 Å². The Kier molecular flexibility index (Phi) is 6.96. The van der Waals surface area contributed by atoms with E-state index in [1.165, 1.54) is 4.68 Å². The van der Waals surface area contributed by atoms with Crippen LogP contribution >= 0.6 is 0 Å². The number of aromatic nitrogens is 3. The lowest BCUT2D eigenvalue weighted by molar-refractivity contribution is -0.125. The highest BCUT2D eigenvalue weighted by Gasteiger charge is 2.39. The Bertz CT molecular complexity index is 1290. The summed E-state index contributed by atoms with van der Waals surface area (Å²) in [5.74, 6) is -0.218. The summed E-state index contributed by atoms with van der Waals surface area (Å²) in [4.78, 5) is 26.4. The summed E-state index contributed by atoms with van der Waals surface area (Å²) >= 11 is 0. The Hall–Kier alpha value is -2.49. The van der Waals surface area contributed by atoms with Gasteiger partial charge in [0.2, 0.25) is 5.91 Å². The van der Waals surface area contributed by atoms with Crippen molar-refractivity contribution in [3.8, 4) is 0 Å². The summed E-state index contributed by atoms with van der Waals surface area (Å²) in [6.45, 7) is 13.5. The maximum absolute atomic E-state index is 13.7. The van der Waals surface area contributed by atoms with E-state index in [1.54, 1.807) is 6.92 Å². The van der Waals surface area contributed by atoms with Crippen LogP contribution in [0, 0.1) is 0 Å². The summed E-state index contributed by atoms with van der Waals surface area (Å²) in [7, 11) is -1.24. The number of carbonyl (C=O) groups is 1. The number of rotatable bonds is 9. The molecule has 2 aromatic heterocycles. The van der Waals surface area contributed by atoms with Crippen LogP contribution in [0.25, 0.3) is 21.8 Å². The lowest BCUT2D eigenvalue weighted by Gasteiger charge is -2.41. The standard InChI is InChI=1S/C26H38N4O4Si/c1-17(2)23-22-19-9-7-8-10-20(19)29(16-34-11-12-35(4,5)6)24(22)25(32)30(28-23)15-21(31)27-18-13-26(3,33)14-18/h7-10,17-18,33H,11-16H2,1-6H3,(H,27,31). The summed E-state index contributed by atoms with van der Waals surface area (Å²) < 4.78 is 9.28. The molecule has 0 bridgehead atoms. The molecule has 0 spiro atoms. The second-order valence-corrected chi connectivity index (χ2v) is 17.3. The first kappa shape index (κ1) is 25.6. The van der Waals surface area contributed by atoms with E-state index in [0.717, 1.165) is 28.0 Å². The van der Waals surface area contributed by atoms with Crippen molar-refractivity contribution in [1.82, 2.24) is 19.7 Å². The first-order chi connectivity index (χ1) is 16.4. The zero-order valence-electron chi connectivity index (χ0n) is 21.7. The van der Waals surface area contributed by atoms with Crippen molar-refractivity contribution in [2.45, 2.75) is 90.1 Å². The SMILES string of the molecule is CC(C)c1nn(CC(=O)NC2CC(C)(O)C2)c(=O)c2c1c1ccccc1n2COCC[Si](C)(C)C. The minimum absolute atomic E-state index is 0.0567. The van der Waals surface area contributed by atoms with Crippen LogP contribution in [0.5, 0.6) is 0 Å². The van der Waals surface area contributed by atoms with Crippen LogP contribution in [0.4, 0.5) is 0 Å². The molecule has 2 N–H and O–H groups in total. The van der Waals surface area contributed by atoms with Crippen molar-refractivity contribution in [1.29, 1.82) is 0 Å².